The number of carboxylic acid groups (broad SMARTS) is 1. The largest absolute Gasteiger partial charge is 0.494 e. The van der Waals surface area contributed by atoms with Crippen molar-refractivity contribution in [2.24, 2.45) is 0 Å². The normalized spacial score (nSPS) is 15.9. The van der Waals surface area contributed by atoms with Crippen molar-refractivity contribution >= 4 is 23.6 Å². The lowest BCUT2D eigenvalue weighted by molar-refractivity contribution is -0.187. The van der Waals surface area contributed by atoms with Crippen molar-refractivity contribution in [1.82, 2.24) is 0 Å². The molecule has 0 spiro atoms. The molecule has 0 amide bonds. The number of rotatable bonds is 5. The minimum absolute atomic E-state index is 0.0673. The second-order valence-corrected chi connectivity index (χ2v) is 6.18. The van der Waals surface area contributed by atoms with Gasteiger partial charge in [-0.3, -0.25) is 0 Å². The SMILES string of the molecule is CCOc1ccc(Oc2cc3c(cc2Cl)C=C(C(=O)O)C(C(F)(F)F)O3)cc1. The summed E-state index contributed by atoms with van der Waals surface area (Å²) in [7, 11) is 0. The first-order valence-corrected chi connectivity index (χ1v) is 8.49. The maximum Gasteiger partial charge on any atom is 0.430 e. The lowest BCUT2D eigenvalue weighted by atomic mass is 10.0. The Morgan fingerprint density at radius 2 is 1.86 bits per heavy atom. The molecular weight excluding hydrogens is 401 g/mol. The van der Waals surface area contributed by atoms with Crippen LogP contribution in [0.1, 0.15) is 12.5 Å². The molecule has 0 aliphatic carbocycles. The van der Waals surface area contributed by atoms with Crippen molar-refractivity contribution < 1.29 is 37.3 Å². The summed E-state index contributed by atoms with van der Waals surface area (Å²) < 4.78 is 55.4. The second-order valence-electron chi connectivity index (χ2n) is 5.77. The molecule has 0 bridgehead atoms. The standard InChI is InChI=1S/C19H14ClF3O5/c1-2-26-11-3-5-12(6-4-11)27-16-9-15-10(8-14(16)20)7-13(18(24)25)17(28-15)19(21,22)23/h3-9,17H,2H2,1H3,(H,24,25). The summed E-state index contributed by atoms with van der Waals surface area (Å²) >= 11 is 6.14. The van der Waals surface area contributed by atoms with Crippen LogP contribution < -0.4 is 14.2 Å². The number of hydrogen-bond donors (Lipinski definition) is 1. The Balaban J connectivity index is 1.93. The summed E-state index contributed by atoms with van der Waals surface area (Å²) in [6.07, 6.45) is -6.58. The highest BCUT2D eigenvalue weighted by Crippen LogP contribution is 2.42. The van der Waals surface area contributed by atoms with Crippen LogP contribution in [0.15, 0.2) is 42.0 Å². The van der Waals surface area contributed by atoms with Gasteiger partial charge in [0.05, 0.1) is 17.2 Å². The van der Waals surface area contributed by atoms with E-state index in [-0.39, 0.29) is 22.1 Å². The van der Waals surface area contributed by atoms with Gasteiger partial charge < -0.3 is 19.3 Å². The molecular formula is C19H14ClF3O5. The van der Waals surface area contributed by atoms with Crippen LogP contribution in [0.4, 0.5) is 13.2 Å². The fourth-order valence-corrected chi connectivity index (χ4v) is 2.80. The number of alkyl halides is 3. The molecule has 148 valence electrons. The molecule has 3 rings (SSSR count). The zero-order chi connectivity index (χ0) is 20.5. The first-order valence-electron chi connectivity index (χ1n) is 8.11. The highest BCUT2D eigenvalue weighted by Gasteiger charge is 2.48. The minimum atomic E-state index is -4.89. The van der Waals surface area contributed by atoms with Gasteiger partial charge in [0.15, 0.2) is 0 Å². The van der Waals surface area contributed by atoms with Crippen LogP contribution >= 0.6 is 11.6 Å². The zero-order valence-electron chi connectivity index (χ0n) is 14.4. The maximum absolute atomic E-state index is 13.2. The smallest absolute Gasteiger partial charge is 0.430 e. The van der Waals surface area contributed by atoms with Gasteiger partial charge in [-0.25, -0.2) is 4.79 Å². The van der Waals surface area contributed by atoms with Gasteiger partial charge in [-0.2, -0.15) is 13.2 Å². The molecule has 1 aliphatic heterocycles. The number of benzene rings is 2. The molecule has 1 aliphatic rings. The topological polar surface area (TPSA) is 65.0 Å². The van der Waals surface area contributed by atoms with E-state index in [2.05, 4.69) is 0 Å². The summed E-state index contributed by atoms with van der Waals surface area (Å²) in [5.74, 6) is -0.821. The Labute approximate surface area is 162 Å². The van der Waals surface area contributed by atoms with E-state index in [0.717, 1.165) is 6.08 Å². The Kier molecular flexibility index (Phi) is 5.42. The highest BCUT2D eigenvalue weighted by atomic mass is 35.5. The van der Waals surface area contributed by atoms with E-state index in [1.54, 1.807) is 24.3 Å². The van der Waals surface area contributed by atoms with E-state index in [1.807, 2.05) is 6.92 Å². The van der Waals surface area contributed by atoms with E-state index < -0.39 is 23.8 Å². The molecule has 1 heterocycles. The first-order chi connectivity index (χ1) is 13.2. The lowest BCUT2D eigenvalue weighted by Gasteiger charge is -2.27. The minimum Gasteiger partial charge on any atom is -0.494 e. The summed E-state index contributed by atoms with van der Waals surface area (Å²) in [4.78, 5) is 11.2. The number of hydrogen-bond acceptors (Lipinski definition) is 4. The van der Waals surface area contributed by atoms with Gasteiger partial charge in [-0.1, -0.05) is 11.6 Å². The predicted molar refractivity (Wildman–Crippen MR) is 95.2 cm³/mol. The van der Waals surface area contributed by atoms with Crippen molar-refractivity contribution in [3.8, 4) is 23.0 Å². The maximum atomic E-state index is 13.2. The van der Waals surface area contributed by atoms with Gasteiger partial charge in [0.1, 0.15) is 23.0 Å². The summed E-state index contributed by atoms with van der Waals surface area (Å²) in [6, 6.07) is 9.05. The lowest BCUT2D eigenvalue weighted by Crippen LogP contribution is -2.40. The van der Waals surface area contributed by atoms with Crippen LogP contribution in [0.3, 0.4) is 0 Å². The molecule has 0 radical (unpaired) electrons. The quantitative estimate of drug-likeness (QED) is 0.717. The molecule has 1 atom stereocenters. The van der Waals surface area contributed by atoms with E-state index in [4.69, 9.17) is 30.9 Å². The Hall–Kier alpha value is -2.87. The zero-order valence-corrected chi connectivity index (χ0v) is 15.2. The van der Waals surface area contributed by atoms with Crippen LogP contribution in [-0.2, 0) is 4.79 Å². The third kappa shape index (κ3) is 4.17. The van der Waals surface area contributed by atoms with Crippen molar-refractivity contribution in [1.29, 1.82) is 0 Å². The van der Waals surface area contributed by atoms with E-state index in [0.29, 0.717) is 18.1 Å². The molecule has 0 aromatic heterocycles. The number of carbonyl (C=O) groups is 1. The number of aliphatic carboxylic acids is 1. The molecule has 9 heteroatoms. The molecule has 0 fully saturated rings. The molecule has 2 aromatic carbocycles. The van der Waals surface area contributed by atoms with Gasteiger partial charge in [0, 0.05) is 11.6 Å². The number of ether oxygens (including phenoxy) is 3. The Morgan fingerprint density at radius 1 is 1.21 bits per heavy atom. The van der Waals surface area contributed by atoms with Crippen molar-refractivity contribution in [3.63, 3.8) is 0 Å². The van der Waals surface area contributed by atoms with Gasteiger partial charge in [0.2, 0.25) is 6.10 Å². The van der Waals surface area contributed by atoms with Crippen LogP contribution in [0.5, 0.6) is 23.0 Å². The van der Waals surface area contributed by atoms with Crippen LogP contribution in [0.25, 0.3) is 6.08 Å². The Bertz CT molecular complexity index is 922. The molecule has 28 heavy (non-hydrogen) atoms. The summed E-state index contributed by atoms with van der Waals surface area (Å²) in [5.41, 5.74) is -0.807. The molecule has 5 nitrogen and oxygen atoms in total. The van der Waals surface area contributed by atoms with Gasteiger partial charge >= 0.3 is 12.1 Å². The van der Waals surface area contributed by atoms with Gasteiger partial charge in [0.25, 0.3) is 0 Å². The summed E-state index contributed by atoms with van der Waals surface area (Å²) in [6.45, 7) is 2.34. The average Bonchev–Trinajstić information content (AvgIpc) is 2.62. The third-order valence-corrected chi connectivity index (χ3v) is 4.10. The molecule has 0 saturated carbocycles. The van der Waals surface area contributed by atoms with Crippen LogP contribution in [0, 0.1) is 0 Å². The second kappa shape index (κ2) is 7.63. The summed E-state index contributed by atoms with van der Waals surface area (Å²) in [5, 5.41) is 9.15. The highest BCUT2D eigenvalue weighted by molar-refractivity contribution is 6.32. The fourth-order valence-electron chi connectivity index (χ4n) is 2.59. The molecule has 1 unspecified atom stereocenters. The van der Waals surface area contributed by atoms with Crippen LogP contribution in [-0.4, -0.2) is 30.0 Å². The van der Waals surface area contributed by atoms with E-state index in [9.17, 15) is 18.0 Å². The van der Waals surface area contributed by atoms with Gasteiger partial charge in [-0.05, 0) is 43.3 Å². The number of fused-ring (bicyclic) bond motifs is 1. The van der Waals surface area contributed by atoms with Gasteiger partial charge in [-0.15, -0.1) is 0 Å². The molecule has 1 N–H and O–H groups in total. The number of halogens is 4. The van der Waals surface area contributed by atoms with Crippen LogP contribution in [0.2, 0.25) is 5.02 Å². The molecule has 0 saturated heterocycles. The van der Waals surface area contributed by atoms with E-state index in [1.165, 1.54) is 12.1 Å². The van der Waals surface area contributed by atoms with Crippen molar-refractivity contribution in [2.45, 2.75) is 19.2 Å². The first kappa shape index (κ1) is 19.9. The molecule has 2 aromatic rings. The van der Waals surface area contributed by atoms with Crippen molar-refractivity contribution in [3.05, 3.63) is 52.6 Å². The fraction of sp³-hybridized carbons (Fsp3) is 0.211. The van der Waals surface area contributed by atoms with E-state index >= 15 is 0 Å². The monoisotopic (exact) mass is 414 g/mol. The third-order valence-electron chi connectivity index (χ3n) is 3.81. The number of carboxylic acids is 1. The predicted octanol–water partition coefficient (Wildman–Crippen LogP) is 5.32. The average molecular weight is 415 g/mol. The Morgan fingerprint density at radius 3 is 2.43 bits per heavy atom. The van der Waals surface area contributed by atoms with Crippen molar-refractivity contribution in [2.75, 3.05) is 6.61 Å².